The molecule has 2 aromatic rings. The summed E-state index contributed by atoms with van der Waals surface area (Å²) in [5.41, 5.74) is 0. The van der Waals surface area contributed by atoms with E-state index in [0.717, 1.165) is 11.8 Å². The molecule has 182 valence electrons. The van der Waals surface area contributed by atoms with Crippen molar-refractivity contribution in [2.45, 2.75) is 142 Å². The van der Waals surface area contributed by atoms with E-state index in [9.17, 15) is 0 Å². The molecule has 0 spiro atoms. The van der Waals surface area contributed by atoms with Crippen LogP contribution >= 0.6 is 22.7 Å². The number of aryl methyl sites for hydroxylation is 2. The first kappa shape index (κ1) is 26.3. The Bertz CT molecular complexity index is 685. The summed E-state index contributed by atoms with van der Waals surface area (Å²) in [5, 5.41) is 0. The summed E-state index contributed by atoms with van der Waals surface area (Å²) in [6.45, 7) is 4.61. The Balaban J connectivity index is 1.26. The maximum Gasteiger partial charge on any atom is 0.0456 e. The molecule has 1 fully saturated rings. The molecule has 0 nitrogen and oxygen atoms in total. The van der Waals surface area contributed by atoms with E-state index in [0.29, 0.717) is 0 Å². The molecule has 1 aliphatic carbocycles. The van der Waals surface area contributed by atoms with E-state index in [4.69, 9.17) is 0 Å². The van der Waals surface area contributed by atoms with Crippen LogP contribution in [0.1, 0.15) is 139 Å². The molecule has 1 aliphatic rings. The van der Waals surface area contributed by atoms with Gasteiger partial charge < -0.3 is 0 Å². The van der Waals surface area contributed by atoms with Crippen molar-refractivity contribution in [3.05, 3.63) is 21.9 Å². The first-order valence-corrected chi connectivity index (χ1v) is 15.9. The molecular formula is C30H50S2. The van der Waals surface area contributed by atoms with Gasteiger partial charge in [-0.3, -0.25) is 0 Å². The van der Waals surface area contributed by atoms with Crippen molar-refractivity contribution in [2.75, 3.05) is 0 Å². The van der Waals surface area contributed by atoms with Crippen LogP contribution in [0.25, 0.3) is 9.40 Å². The fraction of sp³-hybridized carbons (Fsp3) is 0.800. The zero-order valence-corrected chi connectivity index (χ0v) is 22.9. The van der Waals surface area contributed by atoms with Crippen LogP contribution in [0, 0.1) is 11.8 Å². The van der Waals surface area contributed by atoms with Gasteiger partial charge in [0.1, 0.15) is 0 Å². The number of thiophene rings is 2. The zero-order chi connectivity index (χ0) is 22.4. The third kappa shape index (κ3) is 9.49. The van der Waals surface area contributed by atoms with Gasteiger partial charge in [-0.15, -0.1) is 22.7 Å². The molecule has 0 aliphatic heterocycles. The van der Waals surface area contributed by atoms with E-state index in [1.807, 2.05) is 0 Å². The fourth-order valence-electron chi connectivity index (χ4n) is 5.63. The highest BCUT2D eigenvalue weighted by Gasteiger charge is 2.21. The van der Waals surface area contributed by atoms with Gasteiger partial charge in [-0.2, -0.15) is 0 Å². The topological polar surface area (TPSA) is 0 Å². The number of unbranched alkanes of at least 4 members (excludes halogenated alkanes) is 10. The highest BCUT2D eigenvalue weighted by molar-refractivity contribution is 7.27. The summed E-state index contributed by atoms with van der Waals surface area (Å²) < 4.78 is 3.12. The maximum atomic E-state index is 2.53. The molecule has 1 saturated carbocycles. The first-order chi connectivity index (χ1) is 15.8. The Morgan fingerprint density at radius 3 is 1.62 bits per heavy atom. The van der Waals surface area contributed by atoms with E-state index >= 15 is 0 Å². The second-order valence-corrected chi connectivity index (χ2v) is 13.0. The van der Waals surface area contributed by atoms with E-state index in [1.165, 1.54) is 128 Å². The minimum Gasteiger partial charge on any atom is -0.139 e. The summed E-state index contributed by atoms with van der Waals surface area (Å²) in [7, 11) is 0. The summed E-state index contributed by atoms with van der Waals surface area (Å²) >= 11 is 4.15. The molecule has 0 unspecified atom stereocenters. The zero-order valence-electron chi connectivity index (χ0n) is 21.3. The van der Waals surface area contributed by atoms with Gasteiger partial charge in [-0.05, 0) is 49.7 Å². The number of hydrogen-bond acceptors (Lipinski definition) is 2. The van der Waals surface area contributed by atoms with Crippen LogP contribution in [0.3, 0.4) is 0 Å². The Morgan fingerprint density at radius 1 is 0.562 bits per heavy atom. The third-order valence-electron chi connectivity index (χ3n) is 7.82. The van der Waals surface area contributed by atoms with Gasteiger partial charge in [-0.1, -0.05) is 117 Å². The van der Waals surface area contributed by atoms with Crippen molar-refractivity contribution in [1.29, 1.82) is 0 Å². The molecule has 2 aromatic heterocycles. The molecule has 0 saturated heterocycles. The predicted octanol–water partition coefficient (Wildman–Crippen LogP) is 11.4. The van der Waals surface area contributed by atoms with Gasteiger partial charge >= 0.3 is 0 Å². The highest BCUT2D eigenvalue weighted by Crippen LogP contribution is 2.37. The van der Waals surface area contributed by atoms with Crippen LogP contribution in [-0.4, -0.2) is 0 Å². The smallest absolute Gasteiger partial charge is 0.0456 e. The Kier molecular flexibility index (Phi) is 12.8. The molecular weight excluding hydrogens is 424 g/mol. The van der Waals surface area contributed by atoms with E-state index < -0.39 is 0 Å². The van der Waals surface area contributed by atoms with E-state index in [-0.39, 0.29) is 0 Å². The van der Waals surface area contributed by atoms with Gasteiger partial charge in [-0.25, -0.2) is 0 Å². The molecule has 3 rings (SSSR count). The van der Waals surface area contributed by atoms with Crippen molar-refractivity contribution < 1.29 is 0 Å². The second-order valence-electron chi connectivity index (χ2n) is 10.7. The van der Waals surface area contributed by atoms with Crippen molar-refractivity contribution in [1.82, 2.24) is 0 Å². The van der Waals surface area contributed by atoms with Crippen molar-refractivity contribution in [2.24, 2.45) is 11.8 Å². The molecule has 0 amide bonds. The molecule has 0 aromatic carbocycles. The normalized spacial score (nSPS) is 19.2. The lowest BCUT2D eigenvalue weighted by atomic mass is 9.78. The summed E-state index contributed by atoms with van der Waals surface area (Å²) in [6.07, 6.45) is 28.8. The summed E-state index contributed by atoms with van der Waals surface area (Å²) in [4.78, 5) is 3.26. The van der Waals surface area contributed by atoms with Crippen LogP contribution in [0.2, 0.25) is 0 Å². The Morgan fingerprint density at radius 2 is 1.03 bits per heavy atom. The van der Waals surface area contributed by atoms with Crippen molar-refractivity contribution in [3.8, 4) is 0 Å². The molecule has 0 radical (unpaired) electrons. The van der Waals surface area contributed by atoms with E-state index in [2.05, 4.69) is 48.7 Å². The van der Waals surface area contributed by atoms with Crippen molar-refractivity contribution >= 4 is 32.1 Å². The second kappa shape index (κ2) is 15.5. The predicted molar refractivity (Wildman–Crippen MR) is 149 cm³/mol. The number of rotatable bonds is 17. The standard InChI is InChI=1S/C30H50S2/c1-3-5-7-9-10-12-13-15-25-17-19-26(20-18-25)21-22-28-24-30-29(32-28)23-27(31-30)16-14-11-8-6-4-2/h23-26H,3-22H2,1-2H3/t25-,26-. The largest absolute Gasteiger partial charge is 0.139 e. The monoisotopic (exact) mass is 474 g/mol. The van der Waals surface area contributed by atoms with Crippen LogP contribution in [0.4, 0.5) is 0 Å². The van der Waals surface area contributed by atoms with Crippen LogP contribution in [0.15, 0.2) is 12.1 Å². The summed E-state index contributed by atoms with van der Waals surface area (Å²) in [6, 6.07) is 5.03. The molecule has 2 heteroatoms. The van der Waals surface area contributed by atoms with Gasteiger partial charge in [0, 0.05) is 19.2 Å². The van der Waals surface area contributed by atoms with E-state index in [1.54, 1.807) is 19.2 Å². The highest BCUT2D eigenvalue weighted by atomic mass is 32.1. The van der Waals surface area contributed by atoms with Gasteiger partial charge in [0.25, 0.3) is 0 Å². The third-order valence-corrected chi connectivity index (χ3v) is 10.2. The van der Waals surface area contributed by atoms with Crippen LogP contribution < -0.4 is 0 Å². The SMILES string of the molecule is CCCCCCCCC[C@H]1CC[C@H](CCc2cc3sc(CCCCCCC)cc3s2)CC1. The average molecular weight is 475 g/mol. The Labute approximate surface area is 207 Å². The summed E-state index contributed by atoms with van der Waals surface area (Å²) in [5.74, 6) is 2.05. The van der Waals surface area contributed by atoms with Gasteiger partial charge in [0.15, 0.2) is 0 Å². The molecule has 0 bridgehead atoms. The Hall–Kier alpha value is -0.340. The minimum absolute atomic E-state index is 0.999. The van der Waals surface area contributed by atoms with Gasteiger partial charge in [0.05, 0.1) is 0 Å². The lowest BCUT2D eigenvalue weighted by Crippen LogP contribution is -2.15. The van der Waals surface area contributed by atoms with Crippen molar-refractivity contribution in [3.63, 3.8) is 0 Å². The molecule has 0 N–H and O–H groups in total. The molecule has 2 heterocycles. The van der Waals surface area contributed by atoms with Crippen LogP contribution in [0.5, 0.6) is 0 Å². The molecule has 0 atom stereocenters. The fourth-order valence-corrected chi connectivity index (χ4v) is 8.14. The average Bonchev–Trinajstić information content (AvgIpc) is 3.36. The quantitative estimate of drug-likeness (QED) is 0.200. The lowest BCUT2D eigenvalue weighted by Gasteiger charge is -2.28. The van der Waals surface area contributed by atoms with Crippen LogP contribution in [-0.2, 0) is 12.8 Å². The molecule has 32 heavy (non-hydrogen) atoms. The lowest BCUT2D eigenvalue weighted by molar-refractivity contribution is 0.249. The first-order valence-electron chi connectivity index (χ1n) is 14.3. The van der Waals surface area contributed by atoms with Gasteiger partial charge in [0.2, 0.25) is 0 Å². The maximum absolute atomic E-state index is 2.53. The number of fused-ring (bicyclic) bond motifs is 1. The number of hydrogen-bond donors (Lipinski definition) is 0. The minimum atomic E-state index is 0.999.